The molecule has 1 atom stereocenters. The number of ether oxygens (including phenoxy) is 1. The molecule has 1 amide bonds. The van der Waals surface area contributed by atoms with Crippen molar-refractivity contribution in [3.05, 3.63) is 17.5 Å². The monoisotopic (exact) mass is 265 g/mol. The predicted molar refractivity (Wildman–Crippen MR) is 72.7 cm³/mol. The Kier molecular flexibility index (Phi) is 4.24. The Morgan fingerprint density at radius 3 is 2.89 bits per heavy atom. The van der Waals surface area contributed by atoms with Gasteiger partial charge in [-0.25, -0.2) is 0 Å². The van der Waals surface area contributed by atoms with Gasteiger partial charge >= 0.3 is 0 Å². The Labute approximate surface area is 114 Å². The van der Waals surface area contributed by atoms with E-state index < -0.39 is 0 Å². The molecule has 1 aromatic heterocycles. The summed E-state index contributed by atoms with van der Waals surface area (Å²) in [6.45, 7) is 7.50. The Hall–Kier alpha value is -1.36. The third kappa shape index (κ3) is 3.80. The largest absolute Gasteiger partial charge is 0.368 e. The molecule has 1 aliphatic heterocycles. The number of rotatable bonds is 3. The summed E-state index contributed by atoms with van der Waals surface area (Å²) in [4.78, 5) is 11.9. The van der Waals surface area contributed by atoms with E-state index in [9.17, 15) is 4.79 Å². The van der Waals surface area contributed by atoms with Gasteiger partial charge in [-0.3, -0.25) is 9.89 Å². The maximum atomic E-state index is 11.9. The molecule has 2 rings (SSSR count). The highest BCUT2D eigenvalue weighted by Crippen LogP contribution is 2.20. The second-order valence-corrected chi connectivity index (χ2v) is 6.10. The lowest BCUT2D eigenvalue weighted by Gasteiger charge is -2.21. The van der Waals surface area contributed by atoms with Crippen molar-refractivity contribution in [2.75, 3.05) is 6.61 Å². The third-order valence-electron chi connectivity index (χ3n) is 3.32. The Balaban J connectivity index is 1.85. The van der Waals surface area contributed by atoms with E-state index in [-0.39, 0.29) is 17.4 Å². The lowest BCUT2D eigenvalue weighted by molar-refractivity contribution is -0.135. The number of aromatic amines is 1. The number of carbonyl (C=O) groups is 1. The van der Waals surface area contributed by atoms with Gasteiger partial charge < -0.3 is 10.1 Å². The SMILES string of the molecule is CC(C)(C)c1cc(CNC(=O)[C@@H]2CCCCO2)[nH]n1. The van der Waals surface area contributed by atoms with Crippen molar-refractivity contribution in [3.63, 3.8) is 0 Å². The highest BCUT2D eigenvalue weighted by molar-refractivity contribution is 5.80. The van der Waals surface area contributed by atoms with Crippen molar-refractivity contribution in [1.82, 2.24) is 15.5 Å². The van der Waals surface area contributed by atoms with E-state index in [1.807, 2.05) is 6.07 Å². The molecular weight excluding hydrogens is 242 g/mol. The first-order chi connectivity index (χ1) is 8.97. The molecule has 0 aromatic carbocycles. The number of H-pyrrole nitrogens is 1. The second kappa shape index (κ2) is 5.74. The first-order valence-electron chi connectivity index (χ1n) is 6.91. The molecule has 2 heterocycles. The molecule has 1 fully saturated rings. The van der Waals surface area contributed by atoms with Crippen LogP contribution in [0.5, 0.6) is 0 Å². The Morgan fingerprint density at radius 2 is 2.32 bits per heavy atom. The minimum absolute atomic E-state index is 0.0191. The van der Waals surface area contributed by atoms with Crippen LogP contribution < -0.4 is 5.32 Å². The summed E-state index contributed by atoms with van der Waals surface area (Å²) in [6.07, 6.45) is 2.66. The van der Waals surface area contributed by atoms with Crippen molar-refractivity contribution >= 4 is 5.91 Å². The van der Waals surface area contributed by atoms with Gasteiger partial charge in [-0.1, -0.05) is 20.8 Å². The van der Waals surface area contributed by atoms with Crippen LogP contribution in [0.25, 0.3) is 0 Å². The second-order valence-electron chi connectivity index (χ2n) is 6.10. The quantitative estimate of drug-likeness (QED) is 0.877. The minimum Gasteiger partial charge on any atom is -0.368 e. The van der Waals surface area contributed by atoms with Gasteiger partial charge in [0.1, 0.15) is 6.10 Å². The van der Waals surface area contributed by atoms with Gasteiger partial charge in [0.05, 0.1) is 17.9 Å². The summed E-state index contributed by atoms with van der Waals surface area (Å²) in [7, 11) is 0. The molecule has 5 nitrogen and oxygen atoms in total. The van der Waals surface area contributed by atoms with Crippen LogP contribution in [0, 0.1) is 0 Å². The topological polar surface area (TPSA) is 67.0 Å². The smallest absolute Gasteiger partial charge is 0.249 e. The Bertz CT molecular complexity index is 428. The van der Waals surface area contributed by atoms with Crippen LogP contribution >= 0.6 is 0 Å². The van der Waals surface area contributed by atoms with Crippen LogP contribution in [0.3, 0.4) is 0 Å². The molecule has 106 valence electrons. The van der Waals surface area contributed by atoms with Crippen LogP contribution in [-0.4, -0.2) is 28.8 Å². The number of hydrogen-bond acceptors (Lipinski definition) is 3. The zero-order valence-electron chi connectivity index (χ0n) is 12.0. The van der Waals surface area contributed by atoms with Gasteiger partial charge in [-0.15, -0.1) is 0 Å². The van der Waals surface area contributed by atoms with Crippen molar-refractivity contribution < 1.29 is 9.53 Å². The summed E-state index contributed by atoms with van der Waals surface area (Å²) < 4.78 is 5.45. The number of hydrogen-bond donors (Lipinski definition) is 2. The van der Waals surface area contributed by atoms with E-state index in [1.54, 1.807) is 0 Å². The number of nitrogens with zero attached hydrogens (tertiary/aromatic N) is 1. The molecule has 0 aliphatic carbocycles. The Morgan fingerprint density at radius 1 is 1.53 bits per heavy atom. The average molecular weight is 265 g/mol. The standard InChI is InChI=1S/C14H23N3O2/c1-14(2,3)12-8-10(16-17-12)9-15-13(18)11-6-4-5-7-19-11/h8,11H,4-7,9H2,1-3H3,(H,15,18)(H,16,17)/t11-/m0/s1. The molecule has 5 heteroatoms. The highest BCUT2D eigenvalue weighted by Gasteiger charge is 2.22. The summed E-state index contributed by atoms with van der Waals surface area (Å²) in [5.41, 5.74) is 1.95. The molecule has 0 spiro atoms. The molecule has 19 heavy (non-hydrogen) atoms. The van der Waals surface area contributed by atoms with E-state index in [1.165, 1.54) is 0 Å². The van der Waals surface area contributed by atoms with Gasteiger partial charge in [0.15, 0.2) is 0 Å². The first-order valence-corrected chi connectivity index (χ1v) is 6.91. The van der Waals surface area contributed by atoms with E-state index in [4.69, 9.17) is 4.74 Å². The number of nitrogens with one attached hydrogen (secondary N) is 2. The van der Waals surface area contributed by atoms with E-state index in [0.29, 0.717) is 13.2 Å². The van der Waals surface area contributed by atoms with Gasteiger partial charge in [0.2, 0.25) is 5.91 Å². The predicted octanol–water partition coefficient (Wildman–Crippen LogP) is 1.89. The summed E-state index contributed by atoms with van der Waals surface area (Å²) in [5, 5.41) is 10.1. The van der Waals surface area contributed by atoms with Gasteiger partial charge in [-0.05, 0) is 25.3 Å². The zero-order valence-corrected chi connectivity index (χ0v) is 12.0. The average Bonchev–Trinajstić information content (AvgIpc) is 2.86. The normalized spacial score (nSPS) is 20.3. The molecule has 0 unspecified atom stereocenters. The van der Waals surface area contributed by atoms with Crippen LogP contribution in [0.15, 0.2) is 6.07 Å². The fourth-order valence-corrected chi connectivity index (χ4v) is 2.08. The zero-order chi connectivity index (χ0) is 13.9. The van der Waals surface area contributed by atoms with Crippen LogP contribution in [0.4, 0.5) is 0 Å². The van der Waals surface area contributed by atoms with Gasteiger partial charge in [-0.2, -0.15) is 5.10 Å². The van der Waals surface area contributed by atoms with Gasteiger partial charge in [0, 0.05) is 12.0 Å². The number of amides is 1. The number of carbonyl (C=O) groups excluding carboxylic acids is 1. The van der Waals surface area contributed by atoms with Crippen molar-refractivity contribution in [2.45, 2.75) is 58.1 Å². The van der Waals surface area contributed by atoms with Crippen molar-refractivity contribution in [1.29, 1.82) is 0 Å². The lowest BCUT2D eigenvalue weighted by atomic mass is 9.92. The van der Waals surface area contributed by atoms with Crippen molar-refractivity contribution in [3.8, 4) is 0 Å². The van der Waals surface area contributed by atoms with Crippen molar-refractivity contribution in [2.24, 2.45) is 0 Å². The number of aromatic nitrogens is 2. The van der Waals surface area contributed by atoms with Crippen LogP contribution in [0.2, 0.25) is 0 Å². The molecule has 1 aliphatic rings. The first kappa shape index (κ1) is 14.1. The fourth-order valence-electron chi connectivity index (χ4n) is 2.08. The van der Waals surface area contributed by atoms with Gasteiger partial charge in [0.25, 0.3) is 0 Å². The molecule has 1 aromatic rings. The van der Waals surface area contributed by atoms with E-state index >= 15 is 0 Å². The lowest BCUT2D eigenvalue weighted by Crippen LogP contribution is -2.38. The summed E-state index contributed by atoms with van der Waals surface area (Å²) in [5.74, 6) is -0.0217. The fraction of sp³-hybridized carbons (Fsp3) is 0.714. The molecular formula is C14H23N3O2. The summed E-state index contributed by atoms with van der Waals surface area (Å²) in [6, 6.07) is 2.00. The molecule has 2 N–H and O–H groups in total. The minimum atomic E-state index is -0.279. The maximum Gasteiger partial charge on any atom is 0.249 e. The molecule has 1 saturated heterocycles. The molecule has 0 saturated carbocycles. The maximum absolute atomic E-state index is 11.9. The highest BCUT2D eigenvalue weighted by atomic mass is 16.5. The van der Waals surface area contributed by atoms with Crippen LogP contribution in [-0.2, 0) is 21.5 Å². The summed E-state index contributed by atoms with van der Waals surface area (Å²) >= 11 is 0. The molecule has 0 bridgehead atoms. The third-order valence-corrected chi connectivity index (χ3v) is 3.32. The van der Waals surface area contributed by atoms with E-state index in [2.05, 4.69) is 36.3 Å². The van der Waals surface area contributed by atoms with Crippen LogP contribution in [0.1, 0.15) is 51.4 Å². The van der Waals surface area contributed by atoms with E-state index in [0.717, 1.165) is 30.7 Å². The molecule has 0 radical (unpaired) electrons.